The van der Waals surface area contributed by atoms with E-state index >= 15 is 0 Å². The molecule has 6 heteroatoms. The maximum atomic E-state index is 12.2. The number of pyridine rings is 1. The van der Waals surface area contributed by atoms with Gasteiger partial charge in [-0.3, -0.25) is 9.78 Å². The minimum Gasteiger partial charge on any atom is -0.512 e. The molecule has 0 aliphatic carbocycles. The number of benzene rings is 3. The van der Waals surface area contributed by atoms with Gasteiger partial charge in [-0.1, -0.05) is 91.5 Å². The Labute approximate surface area is 309 Å². The van der Waals surface area contributed by atoms with Crippen molar-refractivity contribution in [1.29, 1.82) is 0 Å². The van der Waals surface area contributed by atoms with E-state index in [0.29, 0.717) is 0 Å². The summed E-state index contributed by atoms with van der Waals surface area (Å²) in [6, 6.07) is 20.9. The van der Waals surface area contributed by atoms with E-state index in [1.165, 1.54) is 42.6 Å². The normalized spacial score (nSPS) is 12.7. The number of nitrogens with zero attached hydrogens (tertiary/aromatic N) is 1. The minimum absolute atomic E-state index is 0. The summed E-state index contributed by atoms with van der Waals surface area (Å²) in [7, 11) is 0. The number of furan rings is 1. The molecule has 0 atom stereocenters. The van der Waals surface area contributed by atoms with Gasteiger partial charge in [0.1, 0.15) is 11.3 Å². The Hall–Kier alpha value is -3.31. The number of fused-ring (bicyclic) bond motifs is 6. The van der Waals surface area contributed by atoms with Crippen molar-refractivity contribution >= 4 is 59.0 Å². The molecule has 0 aliphatic rings. The number of aromatic nitrogens is 1. The van der Waals surface area contributed by atoms with Crippen LogP contribution in [0, 0.1) is 23.8 Å². The number of aliphatic hydroxyl groups excluding tert-OH is 1. The molecule has 3 heterocycles. The van der Waals surface area contributed by atoms with Gasteiger partial charge in [0.25, 0.3) is 0 Å². The first-order valence-corrected chi connectivity index (χ1v) is 18.1. The van der Waals surface area contributed by atoms with E-state index in [1.807, 2.05) is 65.3 Å². The summed E-state index contributed by atoms with van der Waals surface area (Å²) in [5.41, 5.74) is 4.86. The van der Waals surface area contributed by atoms with Gasteiger partial charge in [-0.05, 0) is 67.2 Å². The molecular weight excluding hydrogens is 803 g/mol. The Kier molecular flexibility index (Phi) is 11.7. The Morgan fingerprint density at radius 2 is 1.51 bits per heavy atom. The minimum atomic E-state index is -0.337. The third kappa shape index (κ3) is 7.29. The molecule has 6 aromatic rings. The standard InChI is InChI=1S/C28H22NOS.C15H28O2.Ir/c1-16-15-30-21-9-10-22-25(24(16)21)26-23(31-22)11-12-29-27(26)18-13-17-7-5-6-8-19(17)20(14-18)28(2,3)4;1-7-14(5,8-2)12(16)11-13(17)15(6,9-3)10-4;/h5-12,14-15H,1-4H3;11,16H,7-10H2,1-6H3;/q-1;;/b;12-11-;. The van der Waals surface area contributed by atoms with Crippen LogP contribution in [0.25, 0.3) is 53.2 Å². The van der Waals surface area contributed by atoms with E-state index in [9.17, 15) is 9.90 Å². The molecule has 3 aromatic heterocycles. The van der Waals surface area contributed by atoms with Crippen LogP contribution >= 0.6 is 11.3 Å². The maximum Gasteiger partial charge on any atom is 0.164 e. The summed E-state index contributed by atoms with van der Waals surface area (Å²) in [5, 5.41) is 16.2. The molecule has 261 valence electrons. The van der Waals surface area contributed by atoms with Crippen molar-refractivity contribution in [2.24, 2.45) is 10.8 Å². The molecule has 1 N–H and O–H groups in total. The van der Waals surface area contributed by atoms with E-state index in [4.69, 9.17) is 9.40 Å². The zero-order chi connectivity index (χ0) is 35.0. The predicted molar refractivity (Wildman–Crippen MR) is 205 cm³/mol. The summed E-state index contributed by atoms with van der Waals surface area (Å²) in [4.78, 5) is 17.1. The average Bonchev–Trinajstić information content (AvgIpc) is 3.66. The number of carbonyl (C=O) groups excluding carboxylic acids is 1. The molecule has 3 aromatic carbocycles. The molecule has 0 spiro atoms. The molecular formula is C43H50IrNO3S-. The second kappa shape index (κ2) is 14.9. The number of hydrogen-bond acceptors (Lipinski definition) is 5. The van der Waals surface area contributed by atoms with Gasteiger partial charge in [-0.15, -0.1) is 40.5 Å². The zero-order valence-electron chi connectivity index (χ0n) is 30.6. The van der Waals surface area contributed by atoms with E-state index in [2.05, 4.69) is 82.3 Å². The average molecular weight is 853 g/mol. The number of aliphatic hydroxyl groups is 1. The van der Waals surface area contributed by atoms with Crippen molar-refractivity contribution in [3.05, 3.63) is 90.0 Å². The number of rotatable bonds is 8. The maximum absolute atomic E-state index is 12.2. The number of thiophene rings is 1. The third-order valence-corrected chi connectivity index (χ3v) is 11.8. The second-order valence-electron chi connectivity index (χ2n) is 14.7. The molecule has 0 saturated heterocycles. The Morgan fingerprint density at radius 1 is 0.878 bits per heavy atom. The summed E-state index contributed by atoms with van der Waals surface area (Å²) in [6.45, 7) is 21.0. The molecule has 49 heavy (non-hydrogen) atoms. The number of ketones is 1. The molecule has 1 radical (unpaired) electrons. The van der Waals surface area contributed by atoms with Crippen LogP contribution in [0.4, 0.5) is 0 Å². The van der Waals surface area contributed by atoms with Crippen LogP contribution in [0.1, 0.15) is 99.1 Å². The summed E-state index contributed by atoms with van der Waals surface area (Å²) in [6.07, 6.45) is 8.53. The summed E-state index contributed by atoms with van der Waals surface area (Å²) < 4.78 is 8.32. The van der Waals surface area contributed by atoms with Gasteiger partial charge in [-0.2, -0.15) is 0 Å². The zero-order valence-corrected chi connectivity index (χ0v) is 33.8. The van der Waals surface area contributed by atoms with Gasteiger partial charge in [0.15, 0.2) is 5.78 Å². The van der Waals surface area contributed by atoms with Crippen LogP contribution in [0.2, 0.25) is 0 Å². The van der Waals surface area contributed by atoms with Crippen molar-refractivity contribution in [3.63, 3.8) is 0 Å². The Bertz CT molecular complexity index is 2140. The number of carbonyl (C=O) groups is 1. The van der Waals surface area contributed by atoms with Gasteiger partial charge >= 0.3 is 0 Å². The van der Waals surface area contributed by atoms with Gasteiger partial charge in [0.2, 0.25) is 0 Å². The fraction of sp³-hybridized carbons (Fsp3) is 0.395. The molecule has 0 unspecified atom stereocenters. The number of aryl methyl sites for hydroxylation is 1. The van der Waals surface area contributed by atoms with Crippen molar-refractivity contribution in [3.8, 4) is 11.3 Å². The topological polar surface area (TPSA) is 63.3 Å². The largest absolute Gasteiger partial charge is 0.512 e. The van der Waals surface area contributed by atoms with Gasteiger partial charge in [0, 0.05) is 69.1 Å². The number of allylic oxidation sites excluding steroid dienone is 2. The van der Waals surface area contributed by atoms with Crippen molar-refractivity contribution < 1.29 is 34.4 Å². The Morgan fingerprint density at radius 3 is 2.14 bits per heavy atom. The fourth-order valence-electron chi connectivity index (χ4n) is 6.35. The van der Waals surface area contributed by atoms with E-state index in [0.717, 1.165) is 53.5 Å². The third-order valence-electron chi connectivity index (χ3n) is 10.7. The Balaban J connectivity index is 0.000000260. The summed E-state index contributed by atoms with van der Waals surface area (Å²) >= 11 is 1.82. The van der Waals surface area contributed by atoms with E-state index in [-0.39, 0.29) is 47.9 Å². The second-order valence-corrected chi connectivity index (χ2v) is 15.8. The van der Waals surface area contributed by atoms with Gasteiger partial charge in [-0.25, -0.2) is 0 Å². The van der Waals surface area contributed by atoms with Crippen molar-refractivity contribution in [1.82, 2.24) is 4.98 Å². The summed E-state index contributed by atoms with van der Waals surface area (Å²) in [5.74, 6) is 0.286. The quantitative estimate of drug-likeness (QED) is 0.0941. The van der Waals surface area contributed by atoms with Crippen LogP contribution in [0.5, 0.6) is 0 Å². The monoisotopic (exact) mass is 853 g/mol. The SMILES string of the molecule is CCC(C)(CC)C(=O)/C=C(\O)C(C)(CC)CC.Cc1coc2ccc3sc4ccnc(-c5[c-]c6ccccc6c(C(C)(C)C)c5)c4c3c12.[Ir]. The van der Waals surface area contributed by atoms with Gasteiger partial charge < -0.3 is 9.52 Å². The first kappa shape index (κ1) is 38.5. The van der Waals surface area contributed by atoms with Crippen LogP contribution in [-0.2, 0) is 30.3 Å². The molecule has 0 saturated carbocycles. The fourth-order valence-corrected chi connectivity index (χ4v) is 7.46. The first-order valence-electron chi connectivity index (χ1n) is 17.3. The van der Waals surface area contributed by atoms with Crippen molar-refractivity contribution in [2.75, 3.05) is 0 Å². The predicted octanol–water partition coefficient (Wildman–Crippen LogP) is 13.1. The van der Waals surface area contributed by atoms with E-state index in [1.54, 1.807) is 0 Å². The smallest absolute Gasteiger partial charge is 0.164 e. The first-order chi connectivity index (χ1) is 22.7. The molecule has 0 amide bonds. The van der Waals surface area contributed by atoms with Crippen molar-refractivity contribution in [2.45, 2.75) is 100 Å². The molecule has 6 rings (SSSR count). The molecule has 0 bridgehead atoms. The molecule has 0 fully saturated rings. The van der Waals surface area contributed by atoms with Gasteiger partial charge in [0.05, 0.1) is 6.26 Å². The van der Waals surface area contributed by atoms with Crippen LogP contribution < -0.4 is 0 Å². The number of hydrogen-bond donors (Lipinski definition) is 1. The van der Waals surface area contributed by atoms with Crippen LogP contribution in [0.3, 0.4) is 0 Å². The molecule has 4 nitrogen and oxygen atoms in total. The van der Waals surface area contributed by atoms with E-state index < -0.39 is 0 Å². The van der Waals surface area contributed by atoms with Crippen LogP contribution in [-0.4, -0.2) is 15.9 Å². The van der Waals surface area contributed by atoms with Crippen LogP contribution in [0.15, 0.2) is 77.2 Å². The molecule has 0 aliphatic heterocycles.